The van der Waals surface area contributed by atoms with Gasteiger partial charge in [-0.15, -0.1) is 0 Å². The molecule has 2 aromatic rings. The highest BCUT2D eigenvalue weighted by atomic mass is 16.2. The molecular weight excluding hydrogens is 342 g/mol. The summed E-state index contributed by atoms with van der Waals surface area (Å²) in [7, 11) is 0. The van der Waals surface area contributed by atoms with Gasteiger partial charge in [0.2, 0.25) is 11.8 Å². The first-order valence-corrected chi connectivity index (χ1v) is 9.00. The van der Waals surface area contributed by atoms with Crippen LogP contribution in [-0.2, 0) is 9.59 Å². The van der Waals surface area contributed by atoms with Gasteiger partial charge in [0.05, 0.1) is 0 Å². The van der Waals surface area contributed by atoms with Crippen molar-refractivity contribution in [1.82, 2.24) is 4.90 Å². The summed E-state index contributed by atoms with van der Waals surface area (Å²) >= 11 is 0. The van der Waals surface area contributed by atoms with Crippen molar-refractivity contribution in [3.8, 4) is 0 Å². The summed E-state index contributed by atoms with van der Waals surface area (Å²) < 4.78 is 0. The lowest BCUT2D eigenvalue weighted by molar-refractivity contribution is -0.134. The third-order valence-corrected chi connectivity index (χ3v) is 4.66. The number of carbonyl (C=O) groups excluding carboxylic acids is 3. The molecule has 6 nitrogen and oxygen atoms in total. The van der Waals surface area contributed by atoms with Crippen molar-refractivity contribution < 1.29 is 14.4 Å². The maximum absolute atomic E-state index is 12.5. The second-order valence-electron chi connectivity index (χ2n) is 6.76. The van der Waals surface area contributed by atoms with Gasteiger partial charge < -0.3 is 15.5 Å². The van der Waals surface area contributed by atoms with Crippen LogP contribution in [0.25, 0.3) is 0 Å². The topological polar surface area (TPSA) is 78.5 Å². The first-order chi connectivity index (χ1) is 12.9. The third-order valence-electron chi connectivity index (χ3n) is 4.66. The lowest BCUT2D eigenvalue weighted by atomic mass is 10.1. The largest absolute Gasteiger partial charge is 0.331 e. The number of aryl methyl sites for hydroxylation is 1. The molecule has 0 aromatic heterocycles. The molecule has 0 bridgehead atoms. The monoisotopic (exact) mass is 365 g/mol. The van der Waals surface area contributed by atoms with Crippen molar-refractivity contribution in [2.24, 2.45) is 0 Å². The van der Waals surface area contributed by atoms with Gasteiger partial charge in [-0.1, -0.05) is 23.8 Å². The van der Waals surface area contributed by atoms with Crippen LogP contribution < -0.4 is 10.6 Å². The van der Waals surface area contributed by atoms with Gasteiger partial charge >= 0.3 is 0 Å². The van der Waals surface area contributed by atoms with Gasteiger partial charge in [0.1, 0.15) is 6.04 Å². The van der Waals surface area contributed by atoms with Gasteiger partial charge in [-0.3, -0.25) is 14.4 Å². The molecule has 140 valence electrons. The molecule has 1 aliphatic heterocycles. The molecule has 27 heavy (non-hydrogen) atoms. The average molecular weight is 365 g/mol. The van der Waals surface area contributed by atoms with E-state index in [-0.39, 0.29) is 17.7 Å². The average Bonchev–Trinajstić information content (AvgIpc) is 3.13. The molecule has 1 fully saturated rings. The van der Waals surface area contributed by atoms with E-state index in [4.69, 9.17) is 0 Å². The molecule has 0 spiro atoms. The molecular formula is C21H23N3O3. The van der Waals surface area contributed by atoms with Gasteiger partial charge in [-0.25, -0.2) is 0 Å². The summed E-state index contributed by atoms with van der Waals surface area (Å²) in [4.78, 5) is 38.1. The molecule has 1 aliphatic rings. The first kappa shape index (κ1) is 18.6. The van der Waals surface area contributed by atoms with Gasteiger partial charge in [0.15, 0.2) is 0 Å². The maximum atomic E-state index is 12.5. The first-order valence-electron chi connectivity index (χ1n) is 9.00. The van der Waals surface area contributed by atoms with E-state index in [2.05, 4.69) is 10.6 Å². The van der Waals surface area contributed by atoms with E-state index < -0.39 is 6.04 Å². The SMILES string of the molecule is CC(=O)N1CCC[C@H]1C(=O)Nc1cccc(NC(=O)c2ccc(C)cc2)c1. The number of hydrogen-bond donors (Lipinski definition) is 2. The molecule has 0 unspecified atom stereocenters. The Labute approximate surface area is 158 Å². The van der Waals surface area contributed by atoms with Crippen LogP contribution in [0.15, 0.2) is 48.5 Å². The van der Waals surface area contributed by atoms with Crippen LogP contribution in [0, 0.1) is 6.92 Å². The second-order valence-corrected chi connectivity index (χ2v) is 6.76. The maximum Gasteiger partial charge on any atom is 0.255 e. The van der Waals surface area contributed by atoms with Gasteiger partial charge in [0, 0.05) is 30.4 Å². The standard InChI is InChI=1S/C21H23N3O3/c1-14-8-10-16(11-9-14)20(26)22-17-5-3-6-18(13-17)23-21(27)19-7-4-12-24(19)15(2)25/h3,5-6,8-11,13,19H,4,7,12H2,1-2H3,(H,22,26)(H,23,27)/t19-/m0/s1. The second kappa shape index (κ2) is 8.03. The van der Waals surface area contributed by atoms with Crippen LogP contribution in [0.1, 0.15) is 35.7 Å². The Morgan fingerprint density at radius 1 is 1.00 bits per heavy atom. The van der Waals surface area contributed by atoms with E-state index >= 15 is 0 Å². The van der Waals surface area contributed by atoms with E-state index in [0.29, 0.717) is 29.9 Å². The fourth-order valence-corrected chi connectivity index (χ4v) is 3.22. The smallest absolute Gasteiger partial charge is 0.255 e. The number of nitrogens with one attached hydrogen (secondary N) is 2. The summed E-state index contributed by atoms with van der Waals surface area (Å²) in [5, 5.41) is 5.68. The number of benzene rings is 2. The van der Waals surface area contributed by atoms with Crippen LogP contribution >= 0.6 is 0 Å². The third kappa shape index (κ3) is 4.53. The fourth-order valence-electron chi connectivity index (χ4n) is 3.22. The minimum atomic E-state index is -0.437. The van der Waals surface area contributed by atoms with Gasteiger partial charge in [0.25, 0.3) is 5.91 Å². The van der Waals surface area contributed by atoms with E-state index in [1.165, 1.54) is 6.92 Å². The normalized spacial score (nSPS) is 16.1. The molecule has 6 heteroatoms. The van der Waals surface area contributed by atoms with E-state index in [1.54, 1.807) is 41.3 Å². The Kier molecular flexibility index (Phi) is 5.54. The number of carbonyl (C=O) groups is 3. The highest BCUT2D eigenvalue weighted by Crippen LogP contribution is 2.21. The number of amides is 3. The van der Waals surface area contributed by atoms with Crippen LogP contribution in [0.5, 0.6) is 0 Å². The predicted molar refractivity (Wildman–Crippen MR) is 105 cm³/mol. The Morgan fingerprint density at radius 3 is 2.33 bits per heavy atom. The van der Waals surface area contributed by atoms with Crippen LogP contribution in [0.2, 0.25) is 0 Å². The number of rotatable bonds is 4. The van der Waals surface area contributed by atoms with Crippen LogP contribution in [0.3, 0.4) is 0 Å². The number of anilines is 2. The molecule has 0 radical (unpaired) electrons. The van der Waals surface area contributed by atoms with Gasteiger partial charge in [-0.05, 0) is 50.1 Å². The minimum Gasteiger partial charge on any atom is -0.331 e. The predicted octanol–water partition coefficient (Wildman–Crippen LogP) is 3.20. The number of likely N-dealkylation sites (tertiary alicyclic amines) is 1. The summed E-state index contributed by atoms with van der Waals surface area (Å²) in [5.41, 5.74) is 2.83. The Morgan fingerprint density at radius 2 is 1.67 bits per heavy atom. The minimum absolute atomic E-state index is 0.0910. The number of nitrogens with zero attached hydrogens (tertiary/aromatic N) is 1. The van der Waals surface area contributed by atoms with Crippen molar-refractivity contribution in [1.29, 1.82) is 0 Å². The van der Waals surface area contributed by atoms with Crippen molar-refractivity contribution in [2.45, 2.75) is 32.7 Å². The highest BCUT2D eigenvalue weighted by Gasteiger charge is 2.32. The summed E-state index contributed by atoms with van der Waals surface area (Å²) in [6.45, 7) is 4.05. The van der Waals surface area contributed by atoms with Gasteiger partial charge in [-0.2, -0.15) is 0 Å². The van der Waals surface area contributed by atoms with Crippen molar-refractivity contribution in [2.75, 3.05) is 17.2 Å². The molecule has 0 aliphatic carbocycles. The lowest BCUT2D eigenvalue weighted by Crippen LogP contribution is -2.42. The molecule has 2 N–H and O–H groups in total. The Hall–Kier alpha value is -3.15. The summed E-state index contributed by atoms with van der Waals surface area (Å²) in [6.07, 6.45) is 1.49. The zero-order valence-electron chi connectivity index (χ0n) is 15.5. The zero-order chi connectivity index (χ0) is 19.4. The van der Waals surface area contributed by atoms with E-state index in [1.807, 2.05) is 19.1 Å². The van der Waals surface area contributed by atoms with Crippen LogP contribution in [0.4, 0.5) is 11.4 Å². The Balaban J connectivity index is 1.66. The van der Waals surface area contributed by atoms with Crippen molar-refractivity contribution in [3.05, 3.63) is 59.7 Å². The molecule has 2 aromatic carbocycles. The fraction of sp³-hybridized carbons (Fsp3) is 0.286. The highest BCUT2D eigenvalue weighted by molar-refractivity contribution is 6.05. The van der Waals surface area contributed by atoms with E-state index in [0.717, 1.165) is 12.0 Å². The molecule has 1 heterocycles. The zero-order valence-corrected chi connectivity index (χ0v) is 15.5. The summed E-state index contributed by atoms with van der Waals surface area (Å²) in [6, 6.07) is 13.9. The van der Waals surface area contributed by atoms with Crippen molar-refractivity contribution >= 4 is 29.1 Å². The van der Waals surface area contributed by atoms with Crippen molar-refractivity contribution in [3.63, 3.8) is 0 Å². The Bertz CT molecular complexity index is 861. The molecule has 3 rings (SSSR count). The quantitative estimate of drug-likeness (QED) is 0.873. The molecule has 0 saturated carbocycles. The molecule has 1 saturated heterocycles. The molecule has 1 atom stereocenters. The van der Waals surface area contributed by atoms with E-state index in [9.17, 15) is 14.4 Å². The lowest BCUT2D eigenvalue weighted by Gasteiger charge is -2.22. The van der Waals surface area contributed by atoms with Crippen LogP contribution in [-0.4, -0.2) is 35.2 Å². The number of hydrogen-bond acceptors (Lipinski definition) is 3. The summed E-state index contributed by atoms with van der Waals surface area (Å²) in [5.74, 6) is -0.506. The molecule has 3 amide bonds.